The van der Waals surface area contributed by atoms with Crippen molar-refractivity contribution in [2.24, 2.45) is 0 Å². The first kappa shape index (κ1) is 15.0. The molecule has 1 aromatic heterocycles. The molecule has 1 aromatic carbocycles. The summed E-state index contributed by atoms with van der Waals surface area (Å²) in [6, 6.07) is 6.62. The van der Waals surface area contributed by atoms with Gasteiger partial charge in [0.05, 0.1) is 16.8 Å². The fraction of sp³-hybridized carbons (Fsp3) is 0.0833. The zero-order chi connectivity index (χ0) is 15.6. The SMILES string of the molecule is Cc1cccc(NS(=O)(=O)c2scnc2C(=O)O)c1C#N. The molecule has 0 bridgehead atoms. The molecule has 0 aliphatic rings. The Hall–Kier alpha value is -2.44. The Bertz CT molecular complexity index is 850. The molecule has 21 heavy (non-hydrogen) atoms. The maximum absolute atomic E-state index is 12.3. The number of carboxylic acids is 1. The summed E-state index contributed by atoms with van der Waals surface area (Å²) in [5, 5.41) is 18.0. The van der Waals surface area contributed by atoms with E-state index in [-0.39, 0.29) is 11.3 Å². The van der Waals surface area contributed by atoms with E-state index in [9.17, 15) is 13.2 Å². The van der Waals surface area contributed by atoms with Gasteiger partial charge >= 0.3 is 5.97 Å². The van der Waals surface area contributed by atoms with Crippen LogP contribution in [0.5, 0.6) is 0 Å². The number of anilines is 1. The predicted molar refractivity (Wildman–Crippen MR) is 75.8 cm³/mol. The highest BCUT2D eigenvalue weighted by Gasteiger charge is 2.26. The smallest absolute Gasteiger partial charge is 0.356 e. The molecule has 0 unspecified atom stereocenters. The van der Waals surface area contributed by atoms with Crippen molar-refractivity contribution in [3.8, 4) is 6.07 Å². The maximum Gasteiger partial charge on any atom is 0.356 e. The van der Waals surface area contributed by atoms with E-state index in [4.69, 9.17) is 10.4 Å². The molecule has 9 heteroatoms. The minimum atomic E-state index is -4.12. The molecule has 0 spiro atoms. The van der Waals surface area contributed by atoms with Crippen molar-refractivity contribution in [2.45, 2.75) is 11.1 Å². The first-order valence-corrected chi connectivity index (χ1v) is 7.92. The molecule has 0 radical (unpaired) electrons. The van der Waals surface area contributed by atoms with E-state index in [1.54, 1.807) is 19.1 Å². The number of rotatable bonds is 4. The number of aromatic carboxylic acids is 1. The van der Waals surface area contributed by atoms with Gasteiger partial charge in [-0.15, -0.1) is 11.3 Å². The van der Waals surface area contributed by atoms with Crippen LogP contribution in [0.25, 0.3) is 0 Å². The van der Waals surface area contributed by atoms with Crippen LogP contribution in [0.15, 0.2) is 27.9 Å². The largest absolute Gasteiger partial charge is 0.476 e. The molecular formula is C12H9N3O4S2. The molecule has 2 N–H and O–H groups in total. The van der Waals surface area contributed by atoms with Crippen molar-refractivity contribution in [2.75, 3.05) is 4.72 Å². The standard InChI is InChI=1S/C12H9N3O4S2/c1-7-3-2-4-9(8(7)5-13)15-21(18,19)12-10(11(16)17)14-6-20-12/h2-4,6,15H,1H3,(H,16,17). The minimum Gasteiger partial charge on any atom is -0.476 e. The third-order valence-electron chi connectivity index (χ3n) is 2.61. The van der Waals surface area contributed by atoms with E-state index < -0.39 is 25.9 Å². The van der Waals surface area contributed by atoms with Crippen LogP contribution in [0.4, 0.5) is 5.69 Å². The van der Waals surface area contributed by atoms with E-state index in [1.165, 1.54) is 6.07 Å². The lowest BCUT2D eigenvalue weighted by atomic mass is 10.1. The summed E-state index contributed by atoms with van der Waals surface area (Å²) in [5.74, 6) is -1.43. The number of nitriles is 1. The van der Waals surface area contributed by atoms with Crippen LogP contribution in [0.3, 0.4) is 0 Å². The number of sulfonamides is 1. The molecule has 1 heterocycles. The number of hydrogen-bond donors (Lipinski definition) is 2. The van der Waals surface area contributed by atoms with Crippen molar-refractivity contribution in [1.82, 2.24) is 4.98 Å². The summed E-state index contributed by atoms with van der Waals surface area (Å²) in [5.41, 5.74) is 1.49. The number of carbonyl (C=O) groups is 1. The van der Waals surface area contributed by atoms with Crippen molar-refractivity contribution in [3.63, 3.8) is 0 Å². The van der Waals surface area contributed by atoms with Crippen LogP contribution < -0.4 is 4.72 Å². The van der Waals surface area contributed by atoms with Gasteiger partial charge in [0.15, 0.2) is 9.90 Å². The number of nitrogens with zero attached hydrogens (tertiary/aromatic N) is 2. The van der Waals surface area contributed by atoms with Crippen molar-refractivity contribution < 1.29 is 18.3 Å². The number of hydrogen-bond acceptors (Lipinski definition) is 6. The zero-order valence-corrected chi connectivity index (χ0v) is 12.3. The van der Waals surface area contributed by atoms with Gasteiger partial charge in [0.1, 0.15) is 6.07 Å². The molecule has 0 saturated heterocycles. The Morgan fingerprint density at radius 3 is 2.81 bits per heavy atom. The van der Waals surface area contributed by atoms with Gasteiger partial charge < -0.3 is 5.11 Å². The van der Waals surface area contributed by atoms with Crippen molar-refractivity contribution >= 4 is 33.0 Å². The average Bonchev–Trinajstić information content (AvgIpc) is 2.88. The third kappa shape index (κ3) is 2.86. The van der Waals surface area contributed by atoms with Crippen LogP contribution in [-0.4, -0.2) is 24.5 Å². The van der Waals surface area contributed by atoms with Gasteiger partial charge in [-0.2, -0.15) is 5.26 Å². The molecule has 108 valence electrons. The monoisotopic (exact) mass is 323 g/mol. The van der Waals surface area contributed by atoms with Crippen LogP contribution in [0, 0.1) is 18.3 Å². The number of aromatic nitrogens is 1. The predicted octanol–water partition coefficient (Wildman–Crippen LogP) is 1.82. The summed E-state index contributed by atoms with van der Waals surface area (Å²) >= 11 is 0.696. The lowest BCUT2D eigenvalue weighted by Crippen LogP contribution is -2.16. The quantitative estimate of drug-likeness (QED) is 0.885. The number of thiazole rings is 1. The molecule has 2 rings (SSSR count). The summed E-state index contributed by atoms with van der Waals surface area (Å²) < 4.78 is 26.3. The van der Waals surface area contributed by atoms with Crippen LogP contribution in [0.1, 0.15) is 21.6 Å². The maximum atomic E-state index is 12.3. The lowest BCUT2D eigenvalue weighted by Gasteiger charge is -2.09. The molecule has 0 amide bonds. The van der Waals surface area contributed by atoms with Gasteiger partial charge in [-0.1, -0.05) is 12.1 Å². The average molecular weight is 323 g/mol. The minimum absolute atomic E-state index is 0.0993. The second-order valence-electron chi connectivity index (χ2n) is 4.01. The molecule has 7 nitrogen and oxygen atoms in total. The van der Waals surface area contributed by atoms with E-state index in [2.05, 4.69) is 9.71 Å². The van der Waals surface area contributed by atoms with Crippen LogP contribution in [-0.2, 0) is 10.0 Å². The Kier molecular flexibility index (Phi) is 3.93. The lowest BCUT2D eigenvalue weighted by molar-refractivity contribution is 0.0687. The van der Waals surface area contributed by atoms with E-state index in [0.29, 0.717) is 16.9 Å². The summed E-state index contributed by atoms with van der Waals surface area (Å²) in [7, 11) is -4.12. The molecule has 2 aromatic rings. The van der Waals surface area contributed by atoms with E-state index in [1.807, 2.05) is 6.07 Å². The fourth-order valence-corrected chi connectivity index (χ4v) is 3.87. The second kappa shape index (κ2) is 5.51. The first-order valence-electron chi connectivity index (χ1n) is 5.56. The second-order valence-corrected chi connectivity index (χ2v) is 6.74. The van der Waals surface area contributed by atoms with Gasteiger partial charge in [-0.3, -0.25) is 4.72 Å². The highest BCUT2D eigenvalue weighted by molar-refractivity contribution is 7.94. The van der Waals surface area contributed by atoms with E-state index >= 15 is 0 Å². The number of nitrogens with one attached hydrogen (secondary N) is 1. The Balaban J connectivity index is 2.49. The Morgan fingerprint density at radius 1 is 1.48 bits per heavy atom. The Labute approximate surface area is 124 Å². The molecule has 0 atom stereocenters. The van der Waals surface area contributed by atoms with Gasteiger partial charge in [-0.25, -0.2) is 18.2 Å². The van der Waals surface area contributed by atoms with E-state index in [0.717, 1.165) is 5.51 Å². The summed E-state index contributed by atoms with van der Waals surface area (Å²) in [6.07, 6.45) is 0. The van der Waals surface area contributed by atoms with Gasteiger partial charge in [0.25, 0.3) is 10.0 Å². The molecule has 0 saturated carbocycles. The summed E-state index contributed by atoms with van der Waals surface area (Å²) in [6.45, 7) is 1.67. The van der Waals surface area contributed by atoms with Crippen LogP contribution in [0.2, 0.25) is 0 Å². The topological polar surface area (TPSA) is 120 Å². The van der Waals surface area contributed by atoms with Gasteiger partial charge in [-0.05, 0) is 18.6 Å². The first-order chi connectivity index (χ1) is 9.86. The Morgan fingerprint density at radius 2 is 2.19 bits per heavy atom. The fourth-order valence-electron chi connectivity index (χ4n) is 1.66. The third-order valence-corrected chi connectivity index (χ3v) is 5.35. The summed E-state index contributed by atoms with van der Waals surface area (Å²) in [4.78, 5) is 14.5. The number of aryl methyl sites for hydroxylation is 1. The highest BCUT2D eigenvalue weighted by Crippen LogP contribution is 2.26. The highest BCUT2D eigenvalue weighted by atomic mass is 32.2. The number of benzene rings is 1. The molecule has 0 fully saturated rings. The normalized spacial score (nSPS) is 10.9. The van der Waals surface area contributed by atoms with Gasteiger partial charge in [0, 0.05) is 0 Å². The molecule has 0 aliphatic carbocycles. The van der Waals surface area contributed by atoms with Crippen molar-refractivity contribution in [3.05, 3.63) is 40.5 Å². The van der Waals surface area contributed by atoms with Gasteiger partial charge in [0.2, 0.25) is 0 Å². The van der Waals surface area contributed by atoms with Crippen molar-refractivity contribution in [1.29, 1.82) is 5.26 Å². The molecule has 0 aliphatic heterocycles. The number of carboxylic acid groups (broad SMARTS) is 1. The van der Waals surface area contributed by atoms with Crippen LogP contribution >= 0.6 is 11.3 Å². The molecular weight excluding hydrogens is 314 g/mol. The zero-order valence-electron chi connectivity index (χ0n) is 10.7.